The lowest BCUT2D eigenvalue weighted by Gasteiger charge is -2.49. The van der Waals surface area contributed by atoms with Crippen LogP contribution in [0.5, 0.6) is 0 Å². The first-order valence-electron chi connectivity index (χ1n) is 11.7. The molecule has 4 aliphatic rings. The van der Waals surface area contributed by atoms with Gasteiger partial charge in [0.15, 0.2) is 10.8 Å². The highest BCUT2D eigenvalue weighted by molar-refractivity contribution is 8.00. The minimum absolute atomic E-state index is 0.0565. The summed E-state index contributed by atoms with van der Waals surface area (Å²) in [5, 5.41) is 29.0. The first kappa shape index (κ1) is 25.2. The smallest absolute Gasteiger partial charge is 0.352 e. The van der Waals surface area contributed by atoms with Crippen molar-refractivity contribution in [2.75, 3.05) is 31.1 Å². The van der Waals surface area contributed by atoms with E-state index < -0.39 is 34.9 Å². The van der Waals surface area contributed by atoms with Crippen molar-refractivity contribution in [2.45, 2.75) is 36.7 Å². The summed E-state index contributed by atoms with van der Waals surface area (Å²) in [5.74, 6) is -2.62. The van der Waals surface area contributed by atoms with E-state index in [1.807, 2.05) is 0 Å². The second-order valence-electron chi connectivity index (χ2n) is 9.00. The number of oxime groups is 1. The molecule has 4 heterocycles. The topological polar surface area (TPSA) is 191 Å². The number of thiazole rings is 1. The zero-order chi connectivity index (χ0) is 26.3. The van der Waals surface area contributed by atoms with Crippen molar-refractivity contribution in [1.82, 2.24) is 25.4 Å². The Balaban J connectivity index is 1.28. The normalized spacial score (nSPS) is 25.0. The van der Waals surface area contributed by atoms with Crippen LogP contribution in [0.15, 0.2) is 33.5 Å². The number of nitrogens with two attached hydrogens (primary N) is 1. The third kappa shape index (κ3) is 4.93. The largest absolute Gasteiger partial charge is 0.477 e. The molecule has 3 amide bonds. The van der Waals surface area contributed by atoms with Gasteiger partial charge in [-0.1, -0.05) is 5.16 Å². The molecule has 5 rings (SSSR count). The molecule has 3 aliphatic heterocycles. The fourth-order valence-corrected chi connectivity index (χ4v) is 6.34. The van der Waals surface area contributed by atoms with Crippen LogP contribution in [0.25, 0.3) is 0 Å². The number of carbonyl (C=O) groups excluding carboxylic acids is 3. The minimum Gasteiger partial charge on any atom is -0.477 e. The number of likely N-dealkylation sites (tertiary alicyclic amines) is 1. The van der Waals surface area contributed by atoms with E-state index in [0.717, 1.165) is 22.8 Å². The number of nitrogen functional groups attached to an aromatic ring is 1. The summed E-state index contributed by atoms with van der Waals surface area (Å²) in [4.78, 5) is 57.4. The van der Waals surface area contributed by atoms with Crippen molar-refractivity contribution in [2.24, 2.45) is 5.16 Å². The number of fused-ring (bicyclic) bond motifs is 1. The van der Waals surface area contributed by atoms with Crippen molar-refractivity contribution in [1.29, 1.82) is 0 Å². The van der Waals surface area contributed by atoms with Crippen LogP contribution in [0.2, 0.25) is 0 Å². The first-order chi connectivity index (χ1) is 17.8. The Morgan fingerprint density at radius 3 is 2.76 bits per heavy atom. The van der Waals surface area contributed by atoms with Crippen LogP contribution in [0.4, 0.5) is 5.13 Å². The summed E-state index contributed by atoms with van der Waals surface area (Å²) in [5.41, 5.74) is 5.92. The molecule has 0 spiro atoms. The highest BCUT2D eigenvalue weighted by atomic mass is 32.2. The number of allylic oxidation sites excluding steroid dienone is 1. The molecule has 2 saturated heterocycles. The highest BCUT2D eigenvalue weighted by Gasteiger charge is 2.54. The van der Waals surface area contributed by atoms with Gasteiger partial charge in [0.05, 0.1) is 0 Å². The van der Waals surface area contributed by atoms with Crippen molar-refractivity contribution >= 4 is 57.6 Å². The molecule has 2 atom stereocenters. The van der Waals surface area contributed by atoms with E-state index in [4.69, 9.17) is 5.73 Å². The van der Waals surface area contributed by atoms with Crippen molar-refractivity contribution in [3.05, 3.63) is 34.0 Å². The van der Waals surface area contributed by atoms with E-state index in [1.54, 1.807) is 11.0 Å². The maximum atomic E-state index is 12.9. The van der Waals surface area contributed by atoms with Crippen LogP contribution in [0, 0.1) is 0 Å². The number of aromatic nitrogens is 1. The van der Waals surface area contributed by atoms with E-state index in [0.29, 0.717) is 36.7 Å². The van der Waals surface area contributed by atoms with Gasteiger partial charge >= 0.3 is 5.97 Å². The molecule has 15 heteroatoms. The molecule has 0 radical (unpaired) electrons. The zero-order valence-corrected chi connectivity index (χ0v) is 21.2. The van der Waals surface area contributed by atoms with E-state index >= 15 is 0 Å². The predicted molar refractivity (Wildman–Crippen MR) is 135 cm³/mol. The monoisotopic (exact) mass is 547 g/mol. The molecular formula is C22H25N7O6S2. The maximum Gasteiger partial charge on any atom is 0.352 e. The van der Waals surface area contributed by atoms with E-state index in [2.05, 4.69) is 20.8 Å². The van der Waals surface area contributed by atoms with Crippen LogP contribution in [-0.2, 0) is 19.2 Å². The van der Waals surface area contributed by atoms with E-state index in [9.17, 15) is 29.5 Å². The number of carbonyl (C=O) groups is 4. The van der Waals surface area contributed by atoms with Crippen LogP contribution in [0.3, 0.4) is 0 Å². The molecule has 0 unspecified atom stereocenters. The third-order valence-corrected chi connectivity index (χ3v) is 8.50. The van der Waals surface area contributed by atoms with Gasteiger partial charge in [-0.05, 0) is 30.9 Å². The number of carboxylic acid groups (broad SMARTS) is 1. The zero-order valence-electron chi connectivity index (χ0n) is 19.5. The van der Waals surface area contributed by atoms with Gasteiger partial charge < -0.3 is 31.6 Å². The average Bonchev–Trinajstić information content (AvgIpc) is 3.51. The fraction of sp³-hybridized carbons (Fsp3) is 0.455. The van der Waals surface area contributed by atoms with Crippen LogP contribution in [0.1, 0.15) is 25.0 Å². The summed E-state index contributed by atoms with van der Waals surface area (Å²) in [6, 6.07) is -0.462. The van der Waals surface area contributed by atoms with Crippen LogP contribution >= 0.6 is 23.1 Å². The number of nitrogens with one attached hydrogen (secondary N) is 2. The summed E-state index contributed by atoms with van der Waals surface area (Å²) < 4.78 is 0. The summed E-state index contributed by atoms with van der Waals surface area (Å²) in [6.07, 6.45) is 4.43. The SMILES string of the molecule is Nc1nc(/C(=N/O)C(=O)N[C@@H]2C(=O)N3C(C(=O)O)=C(/C=C4\CCN(CCNC5CC5)C4=O)CS[C@H]23)cs1. The maximum absolute atomic E-state index is 12.9. The Morgan fingerprint density at radius 2 is 2.11 bits per heavy atom. The van der Waals surface area contributed by atoms with Gasteiger partial charge in [0.25, 0.3) is 11.8 Å². The number of nitrogens with zero attached hydrogens (tertiary/aromatic N) is 4. The summed E-state index contributed by atoms with van der Waals surface area (Å²) >= 11 is 2.33. The van der Waals surface area contributed by atoms with Crippen LogP contribution in [-0.4, -0.2) is 97.3 Å². The molecule has 1 saturated carbocycles. The third-order valence-electron chi connectivity index (χ3n) is 6.52. The second-order valence-corrected chi connectivity index (χ2v) is 11.0. The standard InChI is InChI=1S/C22H25N7O6S2/c23-22-25-13(9-37-22)14(27-35)17(30)26-15-19(32)29-16(21(33)34)11(8-36-20(15)29)7-10-3-5-28(18(10)31)6-4-24-12-1-2-12/h7,9,12,15,20,24,35H,1-6,8H2,(H2,23,25)(H,26,30)(H,33,34)/b10-7+,27-14-/t15-,20-/m1/s1. The fourth-order valence-electron chi connectivity index (χ4n) is 4.49. The highest BCUT2D eigenvalue weighted by Crippen LogP contribution is 2.41. The molecule has 13 nitrogen and oxygen atoms in total. The number of carboxylic acids is 1. The quantitative estimate of drug-likeness (QED) is 0.0890. The lowest BCUT2D eigenvalue weighted by atomic mass is 10.0. The number of thioether (sulfide) groups is 1. The number of aliphatic carboxylic acids is 1. The molecule has 1 aliphatic carbocycles. The number of rotatable bonds is 9. The molecule has 0 aromatic carbocycles. The first-order valence-corrected chi connectivity index (χ1v) is 13.6. The number of β-lactam (4-membered cyclic amide) rings is 1. The van der Waals surface area contributed by atoms with Gasteiger partial charge in [-0.15, -0.1) is 23.1 Å². The molecule has 3 fully saturated rings. The molecule has 6 N–H and O–H groups in total. The van der Waals surface area contributed by atoms with Gasteiger partial charge in [-0.2, -0.15) is 0 Å². The van der Waals surface area contributed by atoms with E-state index in [1.165, 1.54) is 30.0 Å². The number of amides is 3. The van der Waals surface area contributed by atoms with Gasteiger partial charge in [0, 0.05) is 42.4 Å². The second kappa shape index (κ2) is 10.1. The lowest BCUT2D eigenvalue weighted by molar-refractivity contribution is -0.150. The summed E-state index contributed by atoms with van der Waals surface area (Å²) in [6.45, 7) is 1.88. The van der Waals surface area contributed by atoms with Gasteiger partial charge in [-0.3, -0.25) is 19.3 Å². The van der Waals surface area contributed by atoms with Gasteiger partial charge in [0.1, 0.15) is 22.8 Å². The Bertz CT molecular complexity index is 1250. The molecule has 37 heavy (non-hydrogen) atoms. The number of hydrogen-bond acceptors (Lipinski definition) is 11. The molecule has 0 bridgehead atoms. The molecule has 1 aromatic rings. The van der Waals surface area contributed by atoms with E-state index in [-0.39, 0.29) is 28.2 Å². The molecular weight excluding hydrogens is 522 g/mol. The Kier molecular flexibility index (Phi) is 6.92. The van der Waals surface area contributed by atoms with Crippen LogP contribution < -0.4 is 16.4 Å². The number of anilines is 1. The Morgan fingerprint density at radius 1 is 1.32 bits per heavy atom. The van der Waals surface area contributed by atoms with Crippen molar-refractivity contribution in [3.63, 3.8) is 0 Å². The minimum atomic E-state index is -1.29. The number of hydrogen-bond donors (Lipinski definition) is 5. The van der Waals surface area contributed by atoms with Gasteiger partial charge in [-0.25, -0.2) is 9.78 Å². The average molecular weight is 548 g/mol. The lowest BCUT2D eigenvalue weighted by Crippen LogP contribution is -2.71. The van der Waals surface area contributed by atoms with Crippen molar-refractivity contribution < 1.29 is 29.5 Å². The van der Waals surface area contributed by atoms with Crippen molar-refractivity contribution in [3.8, 4) is 0 Å². The Labute approximate surface area is 219 Å². The van der Waals surface area contributed by atoms with Gasteiger partial charge in [0.2, 0.25) is 5.91 Å². The Hall–Kier alpha value is -3.43. The summed E-state index contributed by atoms with van der Waals surface area (Å²) in [7, 11) is 0. The predicted octanol–water partition coefficient (Wildman–Crippen LogP) is -0.447. The molecule has 196 valence electrons. The molecule has 1 aromatic heterocycles.